The summed E-state index contributed by atoms with van der Waals surface area (Å²) in [5.41, 5.74) is 4.26. The van der Waals surface area contributed by atoms with Crippen molar-refractivity contribution in [3.8, 4) is 11.3 Å². The van der Waals surface area contributed by atoms with Crippen molar-refractivity contribution in [2.45, 2.75) is 32.4 Å². The Hall–Kier alpha value is -1.98. The van der Waals surface area contributed by atoms with Crippen molar-refractivity contribution >= 4 is 11.3 Å². The first-order valence-corrected chi connectivity index (χ1v) is 9.94. The molecule has 25 heavy (non-hydrogen) atoms. The number of hydrogen-bond acceptors (Lipinski definition) is 4. The Morgan fingerprint density at radius 3 is 2.84 bits per heavy atom. The number of nitrogens with zero attached hydrogens (tertiary/aromatic N) is 4. The summed E-state index contributed by atoms with van der Waals surface area (Å²) in [6.45, 7) is 4.61. The van der Waals surface area contributed by atoms with Crippen LogP contribution in [0.5, 0.6) is 0 Å². The van der Waals surface area contributed by atoms with Crippen LogP contribution in [0.25, 0.3) is 11.3 Å². The molecule has 5 heterocycles. The molecule has 0 N–H and O–H groups in total. The van der Waals surface area contributed by atoms with Crippen LogP contribution >= 0.6 is 11.3 Å². The van der Waals surface area contributed by atoms with E-state index < -0.39 is 0 Å². The van der Waals surface area contributed by atoms with E-state index in [1.807, 2.05) is 24.7 Å². The van der Waals surface area contributed by atoms with Gasteiger partial charge < -0.3 is 4.57 Å². The highest BCUT2D eigenvalue weighted by Gasteiger charge is 2.41. The Bertz CT molecular complexity index is 845. The molecule has 0 saturated carbocycles. The molecule has 0 unspecified atom stereocenters. The number of fused-ring (bicyclic) bond motifs is 1. The number of pyridine rings is 1. The molecule has 4 nitrogen and oxygen atoms in total. The Kier molecular flexibility index (Phi) is 3.71. The molecule has 0 atom stereocenters. The van der Waals surface area contributed by atoms with Crippen LogP contribution in [0.15, 0.2) is 47.5 Å². The number of thiophene rings is 1. The smallest absolute Gasteiger partial charge is 0.109 e. The van der Waals surface area contributed by atoms with Crippen LogP contribution in [0.3, 0.4) is 0 Å². The molecule has 0 amide bonds. The Morgan fingerprint density at radius 1 is 1.16 bits per heavy atom. The number of rotatable bonds is 3. The zero-order valence-electron chi connectivity index (χ0n) is 14.3. The molecule has 3 aromatic rings. The lowest BCUT2D eigenvalue weighted by atomic mass is 9.77. The summed E-state index contributed by atoms with van der Waals surface area (Å²) in [6.07, 6.45) is 9.46. The average Bonchev–Trinajstić information content (AvgIpc) is 3.35. The van der Waals surface area contributed by atoms with E-state index in [4.69, 9.17) is 4.98 Å². The van der Waals surface area contributed by atoms with E-state index >= 15 is 0 Å². The summed E-state index contributed by atoms with van der Waals surface area (Å²) in [7, 11) is 0. The van der Waals surface area contributed by atoms with E-state index in [0.717, 1.165) is 19.5 Å². The molecule has 0 radical (unpaired) electrons. The van der Waals surface area contributed by atoms with Gasteiger partial charge in [-0.05, 0) is 65.9 Å². The number of piperidine rings is 1. The van der Waals surface area contributed by atoms with E-state index in [0.29, 0.717) is 5.41 Å². The molecule has 2 aliphatic heterocycles. The molecule has 0 aromatic carbocycles. The van der Waals surface area contributed by atoms with Crippen molar-refractivity contribution < 1.29 is 0 Å². The Labute approximate surface area is 152 Å². The number of hydrogen-bond donors (Lipinski definition) is 0. The predicted octanol–water partition coefficient (Wildman–Crippen LogP) is 3.85. The fourth-order valence-electron chi connectivity index (χ4n) is 4.36. The molecular weight excluding hydrogens is 328 g/mol. The maximum absolute atomic E-state index is 4.73. The summed E-state index contributed by atoms with van der Waals surface area (Å²) in [5.74, 6) is 1.25. The first kappa shape index (κ1) is 15.3. The van der Waals surface area contributed by atoms with Crippen LogP contribution in [0.4, 0.5) is 0 Å². The van der Waals surface area contributed by atoms with Crippen LogP contribution in [0, 0.1) is 5.41 Å². The molecule has 1 fully saturated rings. The summed E-state index contributed by atoms with van der Waals surface area (Å²) in [5, 5.41) is 4.45. The number of likely N-dealkylation sites (tertiary alicyclic amines) is 1. The second-order valence-electron chi connectivity index (χ2n) is 7.47. The zero-order valence-corrected chi connectivity index (χ0v) is 15.1. The molecule has 3 aromatic heterocycles. The maximum Gasteiger partial charge on any atom is 0.109 e. The van der Waals surface area contributed by atoms with Gasteiger partial charge in [0.2, 0.25) is 0 Å². The SMILES string of the molecule is c1cncc(-c2cnc3n2CC2(CCN(Cc4ccsc4)CC2)C3)c1. The summed E-state index contributed by atoms with van der Waals surface area (Å²) in [4.78, 5) is 11.6. The van der Waals surface area contributed by atoms with Gasteiger partial charge in [0.1, 0.15) is 5.82 Å². The van der Waals surface area contributed by atoms with Gasteiger partial charge in [-0.1, -0.05) is 0 Å². The minimum atomic E-state index is 0.408. The van der Waals surface area contributed by atoms with Crippen molar-refractivity contribution in [2.24, 2.45) is 5.41 Å². The van der Waals surface area contributed by atoms with Gasteiger partial charge in [0.25, 0.3) is 0 Å². The lowest BCUT2D eigenvalue weighted by Gasteiger charge is -2.39. The van der Waals surface area contributed by atoms with Gasteiger partial charge in [0.05, 0.1) is 11.9 Å². The van der Waals surface area contributed by atoms with E-state index in [1.165, 1.54) is 48.6 Å². The van der Waals surface area contributed by atoms with Gasteiger partial charge in [-0.3, -0.25) is 9.88 Å². The largest absolute Gasteiger partial charge is 0.327 e. The average molecular weight is 350 g/mol. The highest BCUT2D eigenvalue weighted by molar-refractivity contribution is 7.07. The van der Waals surface area contributed by atoms with Crippen molar-refractivity contribution in [1.29, 1.82) is 0 Å². The van der Waals surface area contributed by atoms with Crippen molar-refractivity contribution in [3.63, 3.8) is 0 Å². The fraction of sp³-hybridized carbons (Fsp3) is 0.400. The van der Waals surface area contributed by atoms with Gasteiger partial charge in [0, 0.05) is 37.5 Å². The topological polar surface area (TPSA) is 34.0 Å². The highest BCUT2D eigenvalue weighted by Crippen LogP contribution is 2.43. The standard InChI is InChI=1S/C20H22N4S/c1-2-17(11-21-6-1)18-12-22-19-10-20(15-24(18)19)4-7-23(8-5-20)13-16-3-9-25-14-16/h1-3,6,9,11-12,14H,4-5,7-8,10,13,15H2. The Balaban J connectivity index is 1.30. The van der Waals surface area contributed by atoms with Gasteiger partial charge in [-0.2, -0.15) is 11.3 Å². The molecule has 1 saturated heterocycles. The lowest BCUT2D eigenvalue weighted by Crippen LogP contribution is -2.40. The van der Waals surface area contributed by atoms with Gasteiger partial charge in [-0.25, -0.2) is 4.98 Å². The zero-order chi connectivity index (χ0) is 16.7. The summed E-state index contributed by atoms with van der Waals surface area (Å²) in [6, 6.07) is 6.38. The summed E-state index contributed by atoms with van der Waals surface area (Å²) >= 11 is 1.80. The third-order valence-corrected chi connectivity index (χ3v) is 6.56. The van der Waals surface area contributed by atoms with Gasteiger partial charge in [0.15, 0.2) is 0 Å². The third kappa shape index (κ3) is 2.81. The van der Waals surface area contributed by atoms with Crippen molar-refractivity contribution in [3.05, 3.63) is 58.9 Å². The van der Waals surface area contributed by atoms with Crippen LogP contribution in [-0.2, 0) is 19.5 Å². The van der Waals surface area contributed by atoms with Crippen molar-refractivity contribution in [2.75, 3.05) is 13.1 Å². The van der Waals surface area contributed by atoms with Crippen LogP contribution < -0.4 is 0 Å². The van der Waals surface area contributed by atoms with Crippen molar-refractivity contribution in [1.82, 2.24) is 19.4 Å². The second-order valence-corrected chi connectivity index (χ2v) is 8.25. The molecule has 5 rings (SSSR count). The van der Waals surface area contributed by atoms with Gasteiger partial charge >= 0.3 is 0 Å². The highest BCUT2D eigenvalue weighted by atomic mass is 32.1. The molecule has 2 aliphatic rings. The first-order chi connectivity index (χ1) is 12.3. The normalized spacial score (nSPS) is 19.4. The molecule has 1 spiro atoms. The molecule has 5 heteroatoms. The monoisotopic (exact) mass is 350 g/mol. The van der Waals surface area contributed by atoms with E-state index in [-0.39, 0.29) is 0 Å². The van der Waals surface area contributed by atoms with Crippen LogP contribution in [0.2, 0.25) is 0 Å². The second kappa shape index (κ2) is 6.07. The fourth-order valence-corrected chi connectivity index (χ4v) is 5.02. The minimum absolute atomic E-state index is 0.408. The predicted molar refractivity (Wildman–Crippen MR) is 100 cm³/mol. The molecule has 128 valence electrons. The quantitative estimate of drug-likeness (QED) is 0.720. The summed E-state index contributed by atoms with van der Waals surface area (Å²) < 4.78 is 2.44. The number of imidazole rings is 1. The lowest BCUT2D eigenvalue weighted by molar-refractivity contribution is 0.0983. The van der Waals surface area contributed by atoms with Crippen LogP contribution in [-0.4, -0.2) is 32.5 Å². The third-order valence-electron chi connectivity index (χ3n) is 5.83. The maximum atomic E-state index is 4.73. The first-order valence-electron chi connectivity index (χ1n) is 9.00. The number of aromatic nitrogens is 3. The van der Waals surface area contributed by atoms with Gasteiger partial charge in [-0.15, -0.1) is 0 Å². The molecule has 0 aliphatic carbocycles. The molecular formula is C20H22N4S. The van der Waals surface area contributed by atoms with Crippen LogP contribution in [0.1, 0.15) is 24.2 Å². The Morgan fingerprint density at radius 2 is 2.08 bits per heavy atom. The van der Waals surface area contributed by atoms with E-state index in [2.05, 4.69) is 37.3 Å². The minimum Gasteiger partial charge on any atom is -0.327 e. The molecule has 0 bridgehead atoms. The van der Waals surface area contributed by atoms with E-state index in [9.17, 15) is 0 Å². The van der Waals surface area contributed by atoms with E-state index in [1.54, 1.807) is 11.3 Å².